The van der Waals surface area contributed by atoms with E-state index in [-0.39, 0.29) is 5.91 Å². The topological polar surface area (TPSA) is 65.4 Å². The number of rotatable bonds is 10. The first kappa shape index (κ1) is 22.4. The summed E-state index contributed by atoms with van der Waals surface area (Å²) in [6, 6.07) is 13.2. The first-order valence-electron chi connectivity index (χ1n) is 10.8. The van der Waals surface area contributed by atoms with Crippen LogP contribution >= 0.6 is 0 Å². The zero-order valence-electron chi connectivity index (χ0n) is 18.7. The van der Waals surface area contributed by atoms with Crippen molar-refractivity contribution in [1.29, 1.82) is 0 Å². The fourth-order valence-corrected chi connectivity index (χ4v) is 3.35. The van der Waals surface area contributed by atoms with E-state index in [2.05, 4.69) is 28.7 Å². The lowest BCUT2D eigenvalue weighted by molar-refractivity contribution is 0.102. The average molecular weight is 422 g/mol. The lowest BCUT2D eigenvalue weighted by Crippen LogP contribution is -2.13. The molecule has 0 unspecified atom stereocenters. The highest BCUT2D eigenvalue weighted by molar-refractivity contribution is 6.04. The minimum absolute atomic E-state index is 0.189. The van der Waals surface area contributed by atoms with E-state index in [9.17, 15) is 4.79 Å². The molecule has 1 heterocycles. The highest BCUT2D eigenvalue weighted by atomic mass is 16.5. The number of carbonyl (C=O) groups is 1. The smallest absolute Gasteiger partial charge is 0.255 e. The summed E-state index contributed by atoms with van der Waals surface area (Å²) in [5, 5.41) is 2.99. The molecule has 1 N–H and O–H groups in total. The second kappa shape index (κ2) is 10.7. The van der Waals surface area contributed by atoms with Crippen LogP contribution in [-0.4, -0.2) is 28.7 Å². The van der Waals surface area contributed by atoms with Crippen LogP contribution in [0.5, 0.6) is 11.5 Å². The van der Waals surface area contributed by atoms with E-state index < -0.39 is 0 Å². The van der Waals surface area contributed by atoms with Gasteiger partial charge in [0.1, 0.15) is 5.82 Å². The van der Waals surface area contributed by atoms with E-state index in [1.54, 1.807) is 18.2 Å². The number of benzene rings is 2. The Morgan fingerprint density at radius 1 is 1.10 bits per heavy atom. The molecule has 0 bridgehead atoms. The number of nitrogens with one attached hydrogen (secondary N) is 1. The number of aromatic nitrogens is 2. The summed E-state index contributed by atoms with van der Waals surface area (Å²) >= 11 is 0. The maximum absolute atomic E-state index is 12.8. The molecule has 0 aliphatic rings. The molecule has 6 heteroatoms. The standard InChI is InChI=1S/C25H31N3O3/c1-5-14-31-22-11-10-20(16-23(22)30-6-2)25(29)27-21-9-7-8-19(15-21)17-28-13-12-26-24(28)18(3)4/h7-13,15-16,18H,5-6,14,17H2,1-4H3,(H,27,29). The van der Waals surface area contributed by atoms with Crippen LogP contribution in [0.4, 0.5) is 5.69 Å². The van der Waals surface area contributed by atoms with Crippen LogP contribution in [-0.2, 0) is 6.54 Å². The second-order valence-electron chi connectivity index (χ2n) is 7.67. The molecule has 0 fully saturated rings. The zero-order chi connectivity index (χ0) is 22.2. The van der Waals surface area contributed by atoms with Gasteiger partial charge in [0.25, 0.3) is 5.91 Å². The monoisotopic (exact) mass is 421 g/mol. The molecule has 3 aromatic rings. The van der Waals surface area contributed by atoms with Crippen molar-refractivity contribution in [2.24, 2.45) is 0 Å². The number of hydrogen-bond donors (Lipinski definition) is 1. The third-order valence-electron chi connectivity index (χ3n) is 4.77. The normalized spacial score (nSPS) is 10.9. The van der Waals surface area contributed by atoms with E-state index in [1.165, 1.54) is 0 Å². The van der Waals surface area contributed by atoms with Gasteiger partial charge >= 0.3 is 0 Å². The molecule has 1 amide bonds. The Hall–Kier alpha value is -3.28. The first-order chi connectivity index (χ1) is 15.0. The van der Waals surface area contributed by atoms with Gasteiger partial charge in [-0.1, -0.05) is 32.9 Å². The molecule has 0 spiro atoms. The largest absolute Gasteiger partial charge is 0.490 e. The highest BCUT2D eigenvalue weighted by Gasteiger charge is 2.13. The van der Waals surface area contributed by atoms with Crippen LogP contribution in [0.15, 0.2) is 54.9 Å². The van der Waals surface area contributed by atoms with Crippen LogP contribution < -0.4 is 14.8 Å². The fourth-order valence-electron chi connectivity index (χ4n) is 3.35. The van der Waals surface area contributed by atoms with E-state index in [0.717, 1.165) is 23.5 Å². The number of ether oxygens (including phenoxy) is 2. The van der Waals surface area contributed by atoms with E-state index >= 15 is 0 Å². The van der Waals surface area contributed by atoms with E-state index in [0.29, 0.717) is 42.7 Å². The molecule has 0 aliphatic heterocycles. The summed E-state index contributed by atoms with van der Waals surface area (Å²) in [6.07, 6.45) is 4.71. The molecular formula is C25H31N3O3. The molecular weight excluding hydrogens is 390 g/mol. The average Bonchev–Trinajstić information content (AvgIpc) is 3.21. The van der Waals surface area contributed by atoms with Gasteiger partial charge in [-0.2, -0.15) is 0 Å². The number of nitrogens with zero attached hydrogens (tertiary/aromatic N) is 2. The van der Waals surface area contributed by atoms with Crippen LogP contribution in [0.3, 0.4) is 0 Å². The summed E-state index contributed by atoms with van der Waals surface area (Å²) in [4.78, 5) is 17.3. The predicted molar refractivity (Wildman–Crippen MR) is 123 cm³/mol. The molecule has 2 aromatic carbocycles. The Morgan fingerprint density at radius 2 is 1.94 bits per heavy atom. The molecule has 0 radical (unpaired) electrons. The lowest BCUT2D eigenvalue weighted by atomic mass is 10.1. The van der Waals surface area contributed by atoms with Gasteiger partial charge in [0.2, 0.25) is 0 Å². The number of carbonyl (C=O) groups excluding carboxylic acids is 1. The van der Waals surface area contributed by atoms with Crippen LogP contribution in [0.25, 0.3) is 0 Å². The van der Waals surface area contributed by atoms with Crippen molar-refractivity contribution in [3.8, 4) is 11.5 Å². The fraction of sp³-hybridized carbons (Fsp3) is 0.360. The van der Waals surface area contributed by atoms with Gasteiger partial charge in [-0.15, -0.1) is 0 Å². The van der Waals surface area contributed by atoms with Gasteiger partial charge in [0, 0.05) is 36.1 Å². The maximum atomic E-state index is 12.8. The molecule has 0 saturated heterocycles. The van der Waals surface area contributed by atoms with Crippen LogP contribution in [0.1, 0.15) is 61.8 Å². The third kappa shape index (κ3) is 5.87. The number of hydrogen-bond acceptors (Lipinski definition) is 4. The van der Waals surface area contributed by atoms with Crippen molar-refractivity contribution < 1.29 is 14.3 Å². The molecule has 0 aliphatic carbocycles. The van der Waals surface area contributed by atoms with Crippen molar-refractivity contribution in [1.82, 2.24) is 9.55 Å². The minimum atomic E-state index is -0.189. The summed E-state index contributed by atoms with van der Waals surface area (Å²) in [5.74, 6) is 2.44. The molecule has 6 nitrogen and oxygen atoms in total. The zero-order valence-corrected chi connectivity index (χ0v) is 18.7. The minimum Gasteiger partial charge on any atom is -0.490 e. The first-order valence-corrected chi connectivity index (χ1v) is 10.8. The molecule has 3 rings (SSSR count). The quantitative estimate of drug-likeness (QED) is 0.470. The number of amides is 1. The van der Waals surface area contributed by atoms with Crippen molar-refractivity contribution in [2.75, 3.05) is 18.5 Å². The van der Waals surface area contributed by atoms with Crippen LogP contribution in [0, 0.1) is 0 Å². The highest BCUT2D eigenvalue weighted by Crippen LogP contribution is 2.29. The van der Waals surface area contributed by atoms with Crippen molar-refractivity contribution in [3.63, 3.8) is 0 Å². The molecule has 164 valence electrons. The summed E-state index contributed by atoms with van der Waals surface area (Å²) in [6.45, 7) is 10.0. The Balaban J connectivity index is 1.74. The summed E-state index contributed by atoms with van der Waals surface area (Å²) in [5.41, 5.74) is 2.36. The van der Waals surface area contributed by atoms with Crippen molar-refractivity contribution in [2.45, 2.75) is 46.6 Å². The molecule has 1 aromatic heterocycles. The van der Waals surface area contributed by atoms with E-state index in [4.69, 9.17) is 9.47 Å². The van der Waals surface area contributed by atoms with Gasteiger partial charge in [-0.3, -0.25) is 4.79 Å². The second-order valence-corrected chi connectivity index (χ2v) is 7.67. The molecule has 31 heavy (non-hydrogen) atoms. The molecule has 0 atom stereocenters. The van der Waals surface area contributed by atoms with Crippen LogP contribution in [0.2, 0.25) is 0 Å². The van der Waals surface area contributed by atoms with Gasteiger partial charge < -0.3 is 19.4 Å². The Bertz CT molecular complexity index is 1010. The van der Waals surface area contributed by atoms with Gasteiger partial charge in [0.15, 0.2) is 11.5 Å². The van der Waals surface area contributed by atoms with Gasteiger partial charge in [0.05, 0.1) is 13.2 Å². The predicted octanol–water partition coefficient (Wildman–Crippen LogP) is 5.49. The lowest BCUT2D eigenvalue weighted by Gasteiger charge is -2.14. The van der Waals surface area contributed by atoms with E-state index in [1.807, 2.05) is 50.5 Å². The van der Waals surface area contributed by atoms with Crippen molar-refractivity contribution in [3.05, 3.63) is 71.8 Å². The van der Waals surface area contributed by atoms with Gasteiger partial charge in [-0.25, -0.2) is 4.98 Å². The van der Waals surface area contributed by atoms with Crippen molar-refractivity contribution >= 4 is 11.6 Å². The maximum Gasteiger partial charge on any atom is 0.255 e. The molecule has 0 saturated carbocycles. The Morgan fingerprint density at radius 3 is 2.68 bits per heavy atom. The number of imidazole rings is 1. The Labute approximate surface area is 184 Å². The SMILES string of the molecule is CCCOc1ccc(C(=O)Nc2cccc(Cn3ccnc3C(C)C)c2)cc1OCC. The Kier molecular flexibility index (Phi) is 7.70. The summed E-state index contributed by atoms with van der Waals surface area (Å²) < 4.78 is 13.5. The summed E-state index contributed by atoms with van der Waals surface area (Å²) in [7, 11) is 0. The third-order valence-corrected chi connectivity index (χ3v) is 4.77. The van der Waals surface area contributed by atoms with Gasteiger partial charge in [-0.05, 0) is 49.2 Å². The number of anilines is 1.